The monoisotopic (exact) mass is 245 g/mol. The Labute approximate surface area is 104 Å². The topological polar surface area (TPSA) is 57.0 Å². The summed E-state index contributed by atoms with van der Waals surface area (Å²) in [5.41, 5.74) is 0.545. The molecule has 1 aliphatic rings. The lowest BCUT2D eigenvalue weighted by Crippen LogP contribution is -2.29. The lowest BCUT2D eigenvalue weighted by atomic mass is 10.2. The first kappa shape index (κ1) is 11.3. The van der Waals surface area contributed by atoms with Crippen LogP contribution in [0.4, 0.5) is 0 Å². The van der Waals surface area contributed by atoms with E-state index < -0.39 is 0 Å². The second-order valence-corrected chi connectivity index (χ2v) is 4.74. The van der Waals surface area contributed by atoms with Crippen molar-refractivity contribution in [1.29, 1.82) is 0 Å². The summed E-state index contributed by atoms with van der Waals surface area (Å²) in [5, 5.41) is 8.64. The van der Waals surface area contributed by atoms with Gasteiger partial charge in [-0.2, -0.15) is 0 Å². The molecule has 0 spiro atoms. The number of ether oxygens (including phenoxy) is 1. The molecule has 2 atom stereocenters. The van der Waals surface area contributed by atoms with Crippen LogP contribution in [0.2, 0.25) is 0 Å². The Kier molecular flexibility index (Phi) is 2.83. The minimum atomic E-state index is -0.0937. The van der Waals surface area contributed by atoms with E-state index in [1.165, 1.54) is 4.68 Å². The van der Waals surface area contributed by atoms with Gasteiger partial charge >= 0.3 is 0 Å². The SMILES string of the molecule is CC1CCC(Cn2nnc3ccccc3c2=O)O1. The maximum atomic E-state index is 12.2. The van der Waals surface area contributed by atoms with Gasteiger partial charge in [0.1, 0.15) is 5.52 Å². The summed E-state index contributed by atoms with van der Waals surface area (Å²) in [7, 11) is 0. The number of nitrogens with zero attached hydrogens (tertiary/aromatic N) is 3. The van der Waals surface area contributed by atoms with E-state index in [4.69, 9.17) is 4.74 Å². The van der Waals surface area contributed by atoms with E-state index in [1.54, 1.807) is 12.1 Å². The maximum Gasteiger partial charge on any atom is 0.277 e. The molecule has 5 heteroatoms. The first-order valence-electron chi connectivity index (χ1n) is 6.22. The molecule has 94 valence electrons. The minimum absolute atomic E-state index is 0.0770. The Morgan fingerprint density at radius 2 is 2.22 bits per heavy atom. The molecule has 3 rings (SSSR count). The van der Waals surface area contributed by atoms with Crippen LogP contribution in [0.1, 0.15) is 19.8 Å². The Morgan fingerprint density at radius 1 is 1.39 bits per heavy atom. The average molecular weight is 245 g/mol. The summed E-state index contributed by atoms with van der Waals surface area (Å²) >= 11 is 0. The number of rotatable bonds is 2. The molecule has 0 saturated carbocycles. The molecule has 2 heterocycles. The normalized spacial score (nSPS) is 23.6. The smallest absolute Gasteiger partial charge is 0.277 e. The van der Waals surface area contributed by atoms with Gasteiger partial charge in [0.05, 0.1) is 24.1 Å². The van der Waals surface area contributed by atoms with E-state index in [-0.39, 0.29) is 17.8 Å². The van der Waals surface area contributed by atoms with E-state index in [0.717, 1.165) is 12.8 Å². The molecule has 1 fully saturated rings. The zero-order chi connectivity index (χ0) is 12.5. The van der Waals surface area contributed by atoms with E-state index in [1.807, 2.05) is 12.1 Å². The quantitative estimate of drug-likeness (QED) is 0.801. The van der Waals surface area contributed by atoms with Gasteiger partial charge in [0, 0.05) is 0 Å². The number of fused-ring (bicyclic) bond motifs is 1. The summed E-state index contributed by atoms with van der Waals surface area (Å²) < 4.78 is 7.11. The fraction of sp³-hybridized carbons (Fsp3) is 0.462. The zero-order valence-corrected chi connectivity index (χ0v) is 10.2. The average Bonchev–Trinajstić information content (AvgIpc) is 2.79. The molecule has 18 heavy (non-hydrogen) atoms. The van der Waals surface area contributed by atoms with Crippen molar-refractivity contribution in [3.05, 3.63) is 34.6 Å². The molecule has 2 unspecified atom stereocenters. The van der Waals surface area contributed by atoms with Crippen LogP contribution in [0.5, 0.6) is 0 Å². The molecule has 1 aromatic carbocycles. The zero-order valence-electron chi connectivity index (χ0n) is 10.2. The van der Waals surface area contributed by atoms with Crippen LogP contribution in [-0.4, -0.2) is 27.2 Å². The van der Waals surface area contributed by atoms with Crippen LogP contribution >= 0.6 is 0 Å². The number of hydrogen-bond acceptors (Lipinski definition) is 4. The van der Waals surface area contributed by atoms with Gasteiger partial charge in [0.15, 0.2) is 0 Å². The van der Waals surface area contributed by atoms with Crippen molar-refractivity contribution < 1.29 is 4.74 Å². The molecule has 0 radical (unpaired) electrons. The van der Waals surface area contributed by atoms with Crippen molar-refractivity contribution in [3.63, 3.8) is 0 Å². The van der Waals surface area contributed by atoms with Gasteiger partial charge in [-0.25, -0.2) is 4.68 Å². The maximum absolute atomic E-state index is 12.2. The largest absolute Gasteiger partial charge is 0.373 e. The lowest BCUT2D eigenvalue weighted by molar-refractivity contribution is 0.0424. The van der Waals surface area contributed by atoms with E-state index in [0.29, 0.717) is 17.4 Å². The molecule has 1 saturated heterocycles. The fourth-order valence-electron chi connectivity index (χ4n) is 2.36. The first-order chi connectivity index (χ1) is 8.74. The summed E-state index contributed by atoms with van der Waals surface area (Å²) in [6, 6.07) is 7.26. The molecule has 2 aromatic rings. The van der Waals surface area contributed by atoms with E-state index in [9.17, 15) is 4.79 Å². The van der Waals surface area contributed by atoms with E-state index >= 15 is 0 Å². The molecular weight excluding hydrogens is 230 g/mol. The second-order valence-electron chi connectivity index (χ2n) is 4.74. The van der Waals surface area contributed by atoms with Gasteiger partial charge in [-0.3, -0.25) is 4.79 Å². The van der Waals surface area contributed by atoms with Gasteiger partial charge < -0.3 is 4.74 Å². The predicted octanol–water partition coefficient (Wildman–Crippen LogP) is 1.36. The summed E-state index contributed by atoms with van der Waals surface area (Å²) in [6.45, 7) is 2.54. The third-order valence-corrected chi connectivity index (χ3v) is 3.33. The third-order valence-electron chi connectivity index (χ3n) is 3.33. The van der Waals surface area contributed by atoms with Gasteiger partial charge in [-0.05, 0) is 31.9 Å². The molecule has 0 amide bonds. The molecule has 1 aliphatic heterocycles. The Hall–Kier alpha value is -1.75. The lowest BCUT2D eigenvalue weighted by Gasteiger charge is -2.11. The van der Waals surface area contributed by atoms with Gasteiger partial charge in [0.2, 0.25) is 0 Å². The highest BCUT2D eigenvalue weighted by molar-refractivity contribution is 5.76. The highest BCUT2D eigenvalue weighted by Gasteiger charge is 2.23. The van der Waals surface area contributed by atoms with Crippen molar-refractivity contribution in [2.75, 3.05) is 0 Å². The summed E-state index contributed by atoms with van der Waals surface area (Å²) in [5.74, 6) is 0. The first-order valence-corrected chi connectivity index (χ1v) is 6.22. The third kappa shape index (κ3) is 2.01. The standard InChI is InChI=1S/C13H15N3O2/c1-9-6-7-10(18-9)8-16-13(17)11-4-2-3-5-12(11)14-15-16/h2-5,9-10H,6-8H2,1H3. The molecular formula is C13H15N3O2. The summed E-state index contributed by atoms with van der Waals surface area (Å²) in [6.07, 6.45) is 2.37. The Balaban J connectivity index is 1.93. The van der Waals surface area contributed by atoms with Crippen molar-refractivity contribution >= 4 is 10.9 Å². The Bertz CT molecular complexity index is 623. The van der Waals surface area contributed by atoms with Crippen LogP contribution in [0.3, 0.4) is 0 Å². The predicted molar refractivity (Wildman–Crippen MR) is 67.4 cm³/mol. The van der Waals surface area contributed by atoms with E-state index in [2.05, 4.69) is 17.2 Å². The highest BCUT2D eigenvalue weighted by atomic mass is 16.5. The fourth-order valence-corrected chi connectivity index (χ4v) is 2.36. The highest BCUT2D eigenvalue weighted by Crippen LogP contribution is 2.19. The van der Waals surface area contributed by atoms with Crippen LogP contribution in [-0.2, 0) is 11.3 Å². The van der Waals surface area contributed by atoms with Crippen molar-refractivity contribution in [2.24, 2.45) is 0 Å². The number of hydrogen-bond donors (Lipinski definition) is 0. The Morgan fingerprint density at radius 3 is 3.00 bits per heavy atom. The van der Waals surface area contributed by atoms with Gasteiger partial charge in [-0.15, -0.1) is 5.10 Å². The van der Waals surface area contributed by atoms with Crippen molar-refractivity contribution in [1.82, 2.24) is 15.0 Å². The van der Waals surface area contributed by atoms with Crippen molar-refractivity contribution in [3.8, 4) is 0 Å². The van der Waals surface area contributed by atoms with Crippen LogP contribution in [0.15, 0.2) is 29.1 Å². The molecule has 0 aliphatic carbocycles. The number of aromatic nitrogens is 3. The molecule has 0 N–H and O–H groups in total. The molecule has 1 aromatic heterocycles. The number of benzene rings is 1. The minimum Gasteiger partial charge on any atom is -0.373 e. The molecule has 0 bridgehead atoms. The molecule has 5 nitrogen and oxygen atoms in total. The van der Waals surface area contributed by atoms with Crippen LogP contribution in [0, 0.1) is 0 Å². The van der Waals surface area contributed by atoms with Crippen LogP contribution in [0.25, 0.3) is 10.9 Å². The van der Waals surface area contributed by atoms with Crippen LogP contribution < -0.4 is 5.56 Å². The second kappa shape index (κ2) is 4.49. The van der Waals surface area contributed by atoms with Gasteiger partial charge in [0.25, 0.3) is 5.56 Å². The summed E-state index contributed by atoms with van der Waals surface area (Å²) in [4.78, 5) is 12.2. The van der Waals surface area contributed by atoms with Gasteiger partial charge in [-0.1, -0.05) is 17.3 Å². The van der Waals surface area contributed by atoms with Crippen molar-refractivity contribution in [2.45, 2.75) is 38.5 Å².